The first kappa shape index (κ1) is 10.4. The van der Waals surface area contributed by atoms with E-state index in [2.05, 4.69) is 9.76 Å². The quantitative estimate of drug-likeness (QED) is 0.305. The van der Waals surface area contributed by atoms with Gasteiger partial charge >= 0.3 is 29.6 Å². The molecule has 0 N–H and O–H groups in total. The van der Waals surface area contributed by atoms with Crippen LogP contribution in [0.5, 0.6) is 0 Å². The van der Waals surface area contributed by atoms with E-state index in [4.69, 9.17) is 0 Å². The van der Waals surface area contributed by atoms with Gasteiger partial charge in [-0.05, 0) is 9.76 Å². The van der Waals surface area contributed by atoms with E-state index >= 15 is 0 Å². The second-order valence-electron chi connectivity index (χ2n) is 1.51. The molecule has 29 valence electrons. The van der Waals surface area contributed by atoms with Crippen molar-refractivity contribution in [1.29, 1.82) is 0 Å². The molecule has 4 heteroatoms. The first-order valence-corrected chi connectivity index (χ1v) is 5.86. The summed E-state index contributed by atoms with van der Waals surface area (Å²) in [5.41, 5.74) is 0. The van der Waals surface area contributed by atoms with Gasteiger partial charge in [0.15, 0.2) is 0 Å². The minimum Gasteiger partial charge on any atom is -0.861 e. The number of hydrogen-bond donors (Lipinski definition) is 0. The Bertz CT molecular complexity index is 27.0. The molecule has 0 aromatic rings. The second kappa shape index (κ2) is 3.40. The Morgan fingerprint density at radius 1 is 1.50 bits per heavy atom. The maximum atomic E-state index is 10.2. The minimum atomic E-state index is -2.06. The third-order valence-electron chi connectivity index (χ3n) is 0. The van der Waals surface area contributed by atoms with Crippen LogP contribution in [0.25, 0.3) is 0 Å². The van der Waals surface area contributed by atoms with Gasteiger partial charge in [-0.3, -0.25) is 0 Å². The maximum Gasteiger partial charge on any atom is 1.00 e. The van der Waals surface area contributed by atoms with Crippen LogP contribution in [0.4, 0.5) is 0 Å². The third-order valence-corrected chi connectivity index (χ3v) is 0. The van der Waals surface area contributed by atoms with Gasteiger partial charge in [0.05, 0.1) is 0 Å². The molecule has 3 radical (unpaired) electrons. The summed E-state index contributed by atoms with van der Waals surface area (Å²) < 4.78 is 0. The molecule has 0 rings (SSSR count). The Morgan fingerprint density at radius 2 is 1.50 bits per heavy atom. The van der Waals surface area contributed by atoms with Crippen molar-refractivity contribution in [2.75, 3.05) is 0 Å². The van der Waals surface area contributed by atoms with E-state index in [1.165, 1.54) is 0 Å². The fourth-order valence-corrected chi connectivity index (χ4v) is 0. The zero-order chi connectivity index (χ0) is 4.50. The monoisotopic (exact) mass is 125 g/mol. The first-order chi connectivity index (χ1) is 2.00. The van der Waals surface area contributed by atoms with Crippen molar-refractivity contribution < 1.29 is 34.4 Å². The van der Waals surface area contributed by atoms with Crippen LogP contribution in [0, 0.1) is 0 Å². The van der Waals surface area contributed by atoms with Gasteiger partial charge in [-0.1, -0.05) is 20.9 Å². The number of hydrogen-bond acceptors (Lipinski definition) is 1. The van der Waals surface area contributed by atoms with Crippen molar-refractivity contribution in [3.05, 3.63) is 0 Å². The molecule has 0 bridgehead atoms. The van der Waals surface area contributed by atoms with Gasteiger partial charge in [0.25, 0.3) is 0 Å². The molecule has 0 aliphatic heterocycles. The van der Waals surface area contributed by atoms with Gasteiger partial charge in [0, 0.05) is 0 Å². The molecule has 0 aromatic carbocycles. The Morgan fingerprint density at radius 3 is 1.50 bits per heavy atom. The van der Waals surface area contributed by atoms with E-state index in [9.17, 15) is 4.80 Å². The van der Waals surface area contributed by atoms with Crippen molar-refractivity contribution in [2.45, 2.75) is 13.1 Å². The summed E-state index contributed by atoms with van der Waals surface area (Å²) in [7, 11) is 0.947. The molecule has 6 heavy (non-hydrogen) atoms. The van der Waals surface area contributed by atoms with Gasteiger partial charge in [0.1, 0.15) is 0 Å². The molecule has 0 amide bonds. The van der Waals surface area contributed by atoms with Gasteiger partial charge in [-0.2, -0.15) is 0 Å². The van der Waals surface area contributed by atoms with Crippen molar-refractivity contribution in [3.8, 4) is 0 Å². The zero-order valence-electron chi connectivity index (χ0n) is 4.41. The molecular weight excluding hydrogens is 119 g/mol. The van der Waals surface area contributed by atoms with Crippen LogP contribution < -0.4 is 34.4 Å². The van der Waals surface area contributed by atoms with E-state index < -0.39 is 7.83 Å². The van der Waals surface area contributed by atoms with E-state index in [1.807, 2.05) is 0 Å². The molecule has 0 saturated heterocycles. The van der Waals surface area contributed by atoms with Crippen LogP contribution in [0.2, 0.25) is 13.1 Å². The number of rotatable bonds is 0. The van der Waals surface area contributed by atoms with Crippen LogP contribution in [0.3, 0.4) is 0 Å². The van der Waals surface area contributed by atoms with Crippen molar-refractivity contribution in [1.82, 2.24) is 0 Å². The van der Waals surface area contributed by atoms with E-state index in [-0.39, 0.29) is 29.6 Å². The van der Waals surface area contributed by atoms with Gasteiger partial charge < -0.3 is 4.80 Å². The predicted octanol–water partition coefficient (Wildman–Crippen LogP) is -3.78. The van der Waals surface area contributed by atoms with Crippen molar-refractivity contribution in [2.24, 2.45) is 0 Å². The molecule has 0 fully saturated rings. The fourth-order valence-electron chi connectivity index (χ4n) is 0. The molecule has 0 aromatic heterocycles. The maximum absolute atomic E-state index is 10.2. The normalized spacial score (nSPS) is 10.0. The zero-order valence-corrected chi connectivity index (χ0v) is 8.41. The van der Waals surface area contributed by atoms with Gasteiger partial charge in [-0.25, -0.2) is 0 Å². The Labute approximate surface area is 64.8 Å². The summed E-state index contributed by atoms with van der Waals surface area (Å²) in [6.45, 7) is 3.37. The molecule has 0 unspecified atom stereocenters. The summed E-state index contributed by atoms with van der Waals surface area (Å²) in [5.74, 6) is 0. The van der Waals surface area contributed by atoms with Gasteiger partial charge in [0.2, 0.25) is 0 Å². The summed E-state index contributed by atoms with van der Waals surface area (Å²) >= 11 is 0. The molecule has 1 nitrogen and oxygen atoms in total. The van der Waals surface area contributed by atoms with E-state index in [1.54, 1.807) is 13.1 Å². The van der Waals surface area contributed by atoms with E-state index in [0.717, 1.165) is 0 Å². The van der Waals surface area contributed by atoms with Crippen LogP contribution in [-0.2, 0) is 0 Å². The van der Waals surface area contributed by atoms with Crippen LogP contribution in [-0.4, -0.2) is 17.6 Å². The Hall–Kier alpha value is 1.39. The third kappa shape index (κ3) is 53.6. The average Bonchev–Trinajstić information content (AvgIpc) is 0.722. The summed E-state index contributed by atoms with van der Waals surface area (Å²) in [6.07, 6.45) is 0. The summed E-state index contributed by atoms with van der Waals surface area (Å²) in [5, 5.41) is 0. The minimum absolute atomic E-state index is 0. The van der Waals surface area contributed by atoms with Crippen LogP contribution >= 0.6 is 0 Å². The van der Waals surface area contributed by atoms with Crippen molar-refractivity contribution >= 4 is 17.6 Å². The first-order valence-electron chi connectivity index (χ1n) is 1.45. The van der Waals surface area contributed by atoms with Crippen LogP contribution in [0.15, 0.2) is 0 Å². The molecule has 0 saturated carbocycles. The van der Waals surface area contributed by atoms with Gasteiger partial charge in [-0.15, -0.1) is 0 Å². The topological polar surface area (TPSA) is 23.1 Å². The largest absolute Gasteiger partial charge is 1.00 e. The molecule has 0 spiro atoms. The summed E-state index contributed by atoms with van der Waals surface area (Å²) in [4.78, 5) is 10.2. The Balaban J connectivity index is 0. The average molecular weight is 125 g/mol. The smallest absolute Gasteiger partial charge is 0.861 e. The fraction of sp³-hybridized carbons (Fsp3) is 1.00. The standard InChI is InChI=1S/C2H6OSi2.Na/c1-5(2,3)4;/h1-2H3;/q-1;+1. The van der Waals surface area contributed by atoms with Crippen molar-refractivity contribution in [3.63, 3.8) is 0 Å². The summed E-state index contributed by atoms with van der Waals surface area (Å²) in [6, 6.07) is 0. The molecular formula is C2H6NaOSi2. The SMILES string of the molecule is C[Si](C)([O-])[Si].[Na+]. The molecule has 0 atom stereocenters. The molecule has 0 aliphatic rings. The van der Waals surface area contributed by atoms with Crippen LogP contribution in [0.1, 0.15) is 0 Å². The molecule has 0 aliphatic carbocycles. The predicted molar refractivity (Wildman–Crippen MR) is 23.2 cm³/mol. The molecule has 0 heterocycles. The van der Waals surface area contributed by atoms with E-state index in [0.29, 0.717) is 0 Å². The Kier molecular flexibility index (Phi) is 5.89. The second-order valence-corrected chi connectivity index (χ2v) is 8.14.